The molecule has 5 nitrogen and oxygen atoms in total. The standard InChI is InChI=1S/C18H16ClNO4/c1-11(8-12-4-3-5-14(9-12)24-2)17(21)20-16-10-13(19)6-7-15(16)18(22)23/h3-10H,1-2H3,(H,20,21)(H,22,23). The maximum absolute atomic E-state index is 12.3. The van der Waals surface area contributed by atoms with E-state index in [2.05, 4.69) is 5.32 Å². The fraction of sp³-hybridized carbons (Fsp3) is 0.111. The van der Waals surface area contributed by atoms with E-state index in [9.17, 15) is 14.7 Å². The maximum atomic E-state index is 12.3. The SMILES string of the molecule is COc1cccc(C=C(C)C(=O)Nc2cc(Cl)ccc2C(=O)O)c1. The number of benzene rings is 2. The predicted molar refractivity (Wildman–Crippen MR) is 93.7 cm³/mol. The molecule has 2 aromatic rings. The number of aromatic carboxylic acids is 1. The van der Waals surface area contributed by atoms with Crippen LogP contribution in [-0.2, 0) is 4.79 Å². The van der Waals surface area contributed by atoms with Crippen molar-refractivity contribution >= 4 is 35.2 Å². The maximum Gasteiger partial charge on any atom is 0.337 e. The Morgan fingerprint density at radius 3 is 2.62 bits per heavy atom. The van der Waals surface area contributed by atoms with E-state index < -0.39 is 11.9 Å². The molecule has 2 N–H and O–H groups in total. The summed E-state index contributed by atoms with van der Waals surface area (Å²) in [7, 11) is 1.56. The molecular formula is C18H16ClNO4. The molecule has 24 heavy (non-hydrogen) atoms. The van der Waals surface area contributed by atoms with E-state index in [1.807, 2.05) is 12.1 Å². The molecule has 0 unspecified atom stereocenters. The highest BCUT2D eigenvalue weighted by Crippen LogP contribution is 2.22. The molecule has 0 saturated carbocycles. The number of carbonyl (C=O) groups excluding carboxylic acids is 1. The van der Waals surface area contributed by atoms with Gasteiger partial charge in [-0.15, -0.1) is 0 Å². The second-order valence-corrected chi connectivity index (χ2v) is 5.49. The molecule has 0 bridgehead atoms. The molecule has 2 aromatic carbocycles. The van der Waals surface area contributed by atoms with Gasteiger partial charge in [0.2, 0.25) is 0 Å². The highest BCUT2D eigenvalue weighted by Gasteiger charge is 2.14. The molecular weight excluding hydrogens is 330 g/mol. The molecule has 0 atom stereocenters. The van der Waals surface area contributed by atoms with Gasteiger partial charge in [0.1, 0.15) is 5.75 Å². The lowest BCUT2D eigenvalue weighted by molar-refractivity contribution is -0.112. The van der Waals surface area contributed by atoms with Crippen molar-refractivity contribution in [2.75, 3.05) is 12.4 Å². The first-order valence-electron chi connectivity index (χ1n) is 7.07. The Bertz CT molecular complexity index is 814. The van der Waals surface area contributed by atoms with Crippen molar-refractivity contribution in [3.63, 3.8) is 0 Å². The van der Waals surface area contributed by atoms with Crippen LogP contribution in [-0.4, -0.2) is 24.1 Å². The number of hydrogen-bond acceptors (Lipinski definition) is 3. The van der Waals surface area contributed by atoms with Gasteiger partial charge in [-0.1, -0.05) is 23.7 Å². The lowest BCUT2D eigenvalue weighted by atomic mass is 10.1. The van der Waals surface area contributed by atoms with Gasteiger partial charge in [-0.3, -0.25) is 4.79 Å². The summed E-state index contributed by atoms with van der Waals surface area (Å²) in [5.41, 5.74) is 1.34. The van der Waals surface area contributed by atoms with Gasteiger partial charge in [-0.05, 0) is 48.9 Å². The van der Waals surface area contributed by atoms with Crippen LogP contribution < -0.4 is 10.1 Å². The minimum Gasteiger partial charge on any atom is -0.497 e. The van der Waals surface area contributed by atoms with E-state index >= 15 is 0 Å². The second kappa shape index (κ2) is 7.66. The van der Waals surface area contributed by atoms with Crippen LogP contribution in [0.2, 0.25) is 5.02 Å². The Morgan fingerprint density at radius 1 is 1.21 bits per heavy atom. The van der Waals surface area contributed by atoms with E-state index in [-0.39, 0.29) is 11.3 Å². The number of amides is 1. The largest absolute Gasteiger partial charge is 0.497 e. The normalized spacial score (nSPS) is 11.0. The number of anilines is 1. The monoisotopic (exact) mass is 345 g/mol. The molecule has 0 radical (unpaired) electrons. The molecule has 0 fully saturated rings. The van der Waals surface area contributed by atoms with Crippen molar-refractivity contribution in [2.45, 2.75) is 6.92 Å². The van der Waals surface area contributed by atoms with Crippen LogP contribution in [0.3, 0.4) is 0 Å². The lowest BCUT2D eigenvalue weighted by Gasteiger charge is -2.09. The van der Waals surface area contributed by atoms with Gasteiger partial charge >= 0.3 is 5.97 Å². The van der Waals surface area contributed by atoms with Crippen molar-refractivity contribution < 1.29 is 19.4 Å². The van der Waals surface area contributed by atoms with Crippen LogP contribution in [0.25, 0.3) is 6.08 Å². The Labute approximate surface area is 144 Å². The molecule has 1 amide bonds. The molecule has 0 aromatic heterocycles. The number of ether oxygens (including phenoxy) is 1. The lowest BCUT2D eigenvalue weighted by Crippen LogP contribution is -2.15. The van der Waals surface area contributed by atoms with Crippen molar-refractivity contribution in [3.8, 4) is 5.75 Å². The van der Waals surface area contributed by atoms with E-state index in [0.29, 0.717) is 16.3 Å². The number of methoxy groups -OCH3 is 1. The smallest absolute Gasteiger partial charge is 0.337 e. The average Bonchev–Trinajstić information content (AvgIpc) is 2.54. The number of carboxylic acids is 1. The Hall–Kier alpha value is -2.79. The number of carboxylic acid groups (broad SMARTS) is 1. The zero-order chi connectivity index (χ0) is 17.7. The first-order valence-corrected chi connectivity index (χ1v) is 7.45. The fourth-order valence-corrected chi connectivity index (χ4v) is 2.25. The second-order valence-electron chi connectivity index (χ2n) is 5.05. The summed E-state index contributed by atoms with van der Waals surface area (Å²) in [6, 6.07) is 11.5. The summed E-state index contributed by atoms with van der Waals surface area (Å²) in [5, 5.41) is 12.1. The van der Waals surface area contributed by atoms with Crippen LogP contribution in [0.4, 0.5) is 5.69 Å². The third kappa shape index (κ3) is 4.36. The molecule has 124 valence electrons. The van der Waals surface area contributed by atoms with Gasteiger partial charge in [-0.2, -0.15) is 0 Å². The summed E-state index contributed by atoms with van der Waals surface area (Å²) in [6.07, 6.45) is 1.68. The molecule has 0 heterocycles. The minimum absolute atomic E-state index is 0.0260. The zero-order valence-electron chi connectivity index (χ0n) is 13.2. The van der Waals surface area contributed by atoms with Crippen molar-refractivity contribution in [1.29, 1.82) is 0 Å². The Balaban J connectivity index is 2.24. The number of carbonyl (C=O) groups is 2. The quantitative estimate of drug-likeness (QED) is 0.800. The Morgan fingerprint density at radius 2 is 1.96 bits per heavy atom. The van der Waals surface area contributed by atoms with E-state index in [1.165, 1.54) is 18.2 Å². The number of nitrogens with one attached hydrogen (secondary N) is 1. The van der Waals surface area contributed by atoms with Crippen molar-refractivity contribution in [2.24, 2.45) is 0 Å². The van der Waals surface area contributed by atoms with Crippen molar-refractivity contribution in [3.05, 3.63) is 64.2 Å². The van der Waals surface area contributed by atoms with E-state index in [4.69, 9.17) is 16.3 Å². The number of halogens is 1. The molecule has 0 spiro atoms. The van der Waals surface area contributed by atoms with E-state index in [1.54, 1.807) is 32.2 Å². The van der Waals surface area contributed by atoms with Gasteiger partial charge < -0.3 is 15.2 Å². The fourth-order valence-electron chi connectivity index (χ4n) is 2.07. The van der Waals surface area contributed by atoms with Crippen LogP contribution in [0, 0.1) is 0 Å². The predicted octanol–water partition coefficient (Wildman–Crippen LogP) is 4.09. The number of hydrogen-bond donors (Lipinski definition) is 2. The number of rotatable bonds is 5. The molecule has 6 heteroatoms. The summed E-state index contributed by atoms with van der Waals surface area (Å²) in [6.45, 7) is 1.64. The molecule has 0 aliphatic heterocycles. The average molecular weight is 346 g/mol. The van der Waals surface area contributed by atoms with Crippen molar-refractivity contribution in [1.82, 2.24) is 0 Å². The summed E-state index contributed by atoms with van der Waals surface area (Å²) < 4.78 is 5.14. The van der Waals surface area contributed by atoms with Gasteiger partial charge in [0.25, 0.3) is 5.91 Å². The summed E-state index contributed by atoms with van der Waals surface area (Å²) >= 11 is 5.87. The summed E-state index contributed by atoms with van der Waals surface area (Å²) in [5.74, 6) is -0.876. The first-order chi connectivity index (χ1) is 11.4. The van der Waals surface area contributed by atoms with Crippen LogP contribution in [0.1, 0.15) is 22.8 Å². The van der Waals surface area contributed by atoms with Crippen LogP contribution in [0.5, 0.6) is 5.75 Å². The highest BCUT2D eigenvalue weighted by molar-refractivity contribution is 6.31. The molecule has 0 aliphatic rings. The van der Waals surface area contributed by atoms with Crippen LogP contribution in [0.15, 0.2) is 48.0 Å². The Kier molecular flexibility index (Phi) is 5.60. The van der Waals surface area contributed by atoms with Gasteiger partial charge in [0, 0.05) is 10.6 Å². The van der Waals surface area contributed by atoms with Crippen LogP contribution >= 0.6 is 11.6 Å². The van der Waals surface area contributed by atoms with E-state index in [0.717, 1.165) is 5.56 Å². The summed E-state index contributed by atoms with van der Waals surface area (Å²) in [4.78, 5) is 23.5. The molecule has 0 saturated heterocycles. The third-order valence-electron chi connectivity index (χ3n) is 3.30. The van der Waals surface area contributed by atoms with Gasteiger partial charge in [0.05, 0.1) is 18.4 Å². The molecule has 0 aliphatic carbocycles. The van der Waals surface area contributed by atoms with Gasteiger partial charge in [0.15, 0.2) is 0 Å². The third-order valence-corrected chi connectivity index (χ3v) is 3.53. The topological polar surface area (TPSA) is 75.6 Å². The highest BCUT2D eigenvalue weighted by atomic mass is 35.5. The first kappa shape index (κ1) is 17.6. The zero-order valence-corrected chi connectivity index (χ0v) is 13.9. The minimum atomic E-state index is -1.14. The molecule has 2 rings (SSSR count). The van der Waals surface area contributed by atoms with Gasteiger partial charge in [-0.25, -0.2) is 4.79 Å².